The molecule has 0 radical (unpaired) electrons. The van der Waals surface area contributed by atoms with Gasteiger partial charge < -0.3 is 20.7 Å². The highest BCUT2D eigenvalue weighted by Gasteiger charge is 2.34. The number of hydrogen-bond acceptors (Lipinski definition) is 4. The summed E-state index contributed by atoms with van der Waals surface area (Å²) in [6.07, 6.45) is 1.62. The van der Waals surface area contributed by atoms with Crippen LogP contribution in [-0.4, -0.2) is 51.7 Å². The number of amides is 2. The second-order valence-corrected chi connectivity index (χ2v) is 4.84. The number of rotatable bonds is 6. The maximum absolute atomic E-state index is 12.0. The van der Waals surface area contributed by atoms with Gasteiger partial charge >= 0.3 is 0 Å². The van der Waals surface area contributed by atoms with E-state index in [1.165, 1.54) is 0 Å². The van der Waals surface area contributed by atoms with Gasteiger partial charge in [0, 0.05) is 19.1 Å². The van der Waals surface area contributed by atoms with Gasteiger partial charge in [0.05, 0.1) is 13.2 Å². The Morgan fingerprint density at radius 1 is 1.28 bits per heavy atom. The molecule has 3 N–H and O–H groups in total. The van der Waals surface area contributed by atoms with E-state index < -0.39 is 0 Å². The van der Waals surface area contributed by atoms with Crippen LogP contribution in [0.4, 0.5) is 0 Å². The number of nitrogens with one attached hydrogen (secondary N) is 3. The average Bonchev–Trinajstić information content (AvgIpc) is 2.37. The van der Waals surface area contributed by atoms with Gasteiger partial charge in [-0.05, 0) is 25.9 Å². The lowest BCUT2D eigenvalue weighted by Gasteiger charge is -2.32. The van der Waals surface area contributed by atoms with Crippen molar-refractivity contribution in [3.8, 4) is 0 Å². The molecule has 2 amide bonds. The summed E-state index contributed by atoms with van der Waals surface area (Å²) in [6.45, 7) is 4.63. The standard InChI is InChI=1S/C12H23N3O3/c1-12(3-5-13-6-4-12)11(17)15-9-10(16)14-7-8-18-2/h13H,3-9H2,1-2H3,(H,14,16)(H,15,17). The number of piperidine rings is 1. The van der Waals surface area contributed by atoms with Crippen LogP contribution in [0.1, 0.15) is 19.8 Å². The van der Waals surface area contributed by atoms with Gasteiger partial charge in [0.2, 0.25) is 11.8 Å². The molecule has 0 aliphatic carbocycles. The van der Waals surface area contributed by atoms with Crippen LogP contribution in [-0.2, 0) is 14.3 Å². The van der Waals surface area contributed by atoms with Crippen LogP contribution in [0.3, 0.4) is 0 Å². The summed E-state index contributed by atoms with van der Waals surface area (Å²) in [7, 11) is 1.58. The van der Waals surface area contributed by atoms with Gasteiger partial charge in [-0.1, -0.05) is 6.92 Å². The van der Waals surface area contributed by atoms with Crippen LogP contribution in [0, 0.1) is 5.41 Å². The molecule has 18 heavy (non-hydrogen) atoms. The van der Waals surface area contributed by atoms with Crippen LogP contribution in [0.25, 0.3) is 0 Å². The van der Waals surface area contributed by atoms with Crippen LogP contribution < -0.4 is 16.0 Å². The minimum Gasteiger partial charge on any atom is -0.383 e. The summed E-state index contributed by atoms with van der Waals surface area (Å²) >= 11 is 0. The molecule has 0 spiro atoms. The Hall–Kier alpha value is -1.14. The maximum Gasteiger partial charge on any atom is 0.239 e. The minimum atomic E-state index is -0.349. The number of hydrogen-bond donors (Lipinski definition) is 3. The number of carbonyl (C=O) groups is 2. The van der Waals surface area contributed by atoms with Gasteiger partial charge in [0.1, 0.15) is 0 Å². The normalized spacial score (nSPS) is 18.1. The summed E-state index contributed by atoms with van der Waals surface area (Å²) < 4.78 is 4.82. The van der Waals surface area contributed by atoms with Crippen molar-refractivity contribution in [3.63, 3.8) is 0 Å². The predicted molar refractivity (Wildman–Crippen MR) is 68.1 cm³/mol. The molecule has 6 heteroatoms. The molecule has 1 heterocycles. The van der Waals surface area contributed by atoms with Crippen molar-refractivity contribution in [2.45, 2.75) is 19.8 Å². The van der Waals surface area contributed by atoms with Gasteiger partial charge in [-0.2, -0.15) is 0 Å². The fourth-order valence-corrected chi connectivity index (χ4v) is 1.93. The van der Waals surface area contributed by atoms with Crippen LogP contribution in [0.2, 0.25) is 0 Å². The maximum atomic E-state index is 12.0. The first-order chi connectivity index (χ1) is 8.58. The SMILES string of the molecule is COCCNC(=O)CNC(=O)C1(C)CCNCC1. The van der Waals surface area contributed by atoms with E-state index in [2.05, 4.69) is 16.0 Å². The lowest BCUT2D eigenvalue weighted by molar-refractivity contribution is -0.133. The predicted octanol–water partition coefficient (Wildman–Crippen LogP) is -0.745. The smallest absolute Gasteiger partial charge is 0.239 e. The first-order valence-electron chi connectivity index (χ1n) is 6.33. The molecule has 0 aromatic carbocycles. The van der Waals surface area contributed by atoms with Crippen LogP contribution >= 0.6 is 0 Å². The second kappa shape index (κ2) is 7.33. The van der Waals surface area contributed by atoms with E-state index in [9.17, 15) is 9.59 Å². The van der Waals surface area contributed by atoms with Crippen molar-refractivity contribution in [1.82, 2.24) is 16.0 Å². The van der Waals surface area contributed by atoms with Crippen molar-refractivity contribution in [3.05, 3.63) is 0 Å². The molecule has 0 atom stereocenters. The molecule has 6 nitrogen and oxygen atoms in total. The van der Waals surface area contributed by atoms with Crippen LogP contribution in [0.15, 0.2) is 0 Å². The second-order valence-electron chi connectivity index (χ2n) is 4.84. The van der Waals surface area contributed by atoms with E-state index in [0.29, 0.717) is 13.2 Å². The van der Waals surface area contributed by atoms with E-state index in [1.54, 1.807) is 7.11 Å². The lowest BCUT2D eigenvalue weighted by atomic mass is 9.80. The van der Waals surface area contributed by atoms with E-state index in [1.807, 2.05) is 6.92 Å². The van der Waals surface area contributed by atoms with Crippen molar-refractivity contribution in [2.24, 2.45) is 5.41 Å². The molecule has 0 aromatic heterocycles. The zero-order chi connectivity index (χ0) is 13.4. The molecule has 0 saturated carbocycles. The van der Waals surface area contributed by atoms with Gasteiger partial charge in [-0.25, -0.2) is 0 Å². The van der Waals surface area contributed by atoms with E-state index in [-0.39, 0.29) is 23.8 Å². The van der Waals surface area contributed by atoms with Crippen molar-refractivity contribution in [2.75, 3.05) is 39.9 Å². The number of ether oxygens (including phenoxy) is 1. The lowest BCUT2D eigenvalue weighted by Crippen LogP contribution is -2.48. The zero-order valence-electron chi connectivity index (χ0n) is 11.2. The monoisotopic (exact) mass is 257 g/mol. The fourth-order valence-electron chi connectivity index (χ4n) is 1.93. The van der Waals surface area contributed by atoms with E-state index in [0.717, 1.165) is 25.9 Å². The highest BCUT2D eigenvalue weighted by Crippen LogP contribution is 2.27. The Balaban J connectivity index is 2.25. The molecular weight excluding hydrogens is 234 g/mol. The molecule has 0 aromatic rings. The average molecular weight is 257 g/mol. The van der Waals surface area contributed by atoms with Crippen molar-refractivity contribution >= 4 is 11.8 Å². The minimum absolute atomic E-state index is 0.0333. The van der Waals surface area contributed by atoms with Crippen molar-refractivity contribution < 1.29 is 14.3 Å². The zero-order valence-corrected chi connectivity index (χ0v) is 11.2. The van der Waals surface area contributed by atoms with E-state index >= 15 is 0 Å². The van der Waals surface area contributed by atoms with Gasteiger partial charge in [0.25, 0.3) is 0 Å². The Morgan fingerprint density at radius 2 is 1.94 bits per heavy atom. The van der Waals surface area contributed by atoms with Gasteiger partial charge in [-0.15, -0.1) is 0 Å². The first-order valence-corrected chi connectivity index (χ1v) is 6.33. The molecular formula is C12H23N3O3. The Morgan fingerprint density at radius 3 is 2.56 bits per heavy atom. The fraction of sp³-hybridized carbons (Fsp3) is 0.833. The summed E-state index contributed by atoms with van der Waals surface area (Å²) in [5, 5.41) is 8.58. The highest BCUT2D eigenvalue weighted by molar-refractivity contribution is 5.87. The Labute approximate surface area is 108 Å². The third-order valence-corrected chi connectivity index (χ3v) is 3.29. The highest BCUT2D eigenvalue weighted by atomic mass is 16.5. The number of methoxy groups -OCH3 is 1. The molecule has 1 aliphatic heterocycles. The van der Waals surface area contributed by atoms with Crippen molar-refractivity contribution in [1.29, 1.82) is 0 Å². The van der Waals surface area contributed by atoms with Crippen LogP contribution in [0.5, 0.6) is 0 Å². The molecule has 0 bridgehead atoms. The third kappa shape index (κ3) is 4.62. The number of carbonyl (C=O) groups excluding carboxylic acids is 2. The largest absolute Gasteiger partial charge is 0.383 e. The Bertz CT molecular complexity index is 288. The molecule has 1 fully saturated rings. The molecule has 0 unspecified atom stereocenters. The quantitative estimate of drug-likeness (QED) is 0.547. The molecule has 104 valence electrons. The summed E-state index contributed by atoms with van der Waals surface area (Å²) in [4.78, 5) is 23.4. The molecule has 1 rings (SSSR count). The first kappa shape index (κ1) is 14.9. The third-order valence-electron chi connectivity index (χ3n) is 3.29. The topological polar surface area (TPSA) is 79.5 Å². The summed E-state index contributed by atoms with van der Waals surface area (Å²) in [6, 6.07) is 0. The summed E-state index contributed by atoms with van der Waals surface area (Å²) in [5.74, 6) is -0.219. The van der Waals surface area contributed by atoms with E-state index in [4.69, 9.17) is 4.74 Å². The summed E-state index contributed by atoms with van der Waals surface area (Å²) in [5.41, 5.74) is -0.349. The van der Waals surface area contributed by atoms with Gasteiger partial charge in [-0.3, -0.25) is 9.59 Å². The molecule has 1 saturated heterocycles. The van der Waals surface area contributed by atoms with Gasteiger partial charge in [0.15, 0.2) is 0 Å². The Kier molecular flexibility index (Phi) is 6.07. The molecule has 1 aliphatic rings.